The molecule has 112 valence electrons. The Kier molecular flexibility index (Phi) is 5.12. The summed E-state index contributed by atoms with van der Waals surface area (Å²) < 4.78 is 27.0. The smallest absolute Gasteiger partial charge is 0.240 e. The number of aryl methyl sites for hydroxylation is 1. The van der Waals surface area contributed by atoms with E-state index in [0.29, 0.717) is 0 Å². The predicted molar refractivity (Wildman–Crippen MR) is 84.4 cm³/mol. The molecule has 0 aliphatic heterocycles. The van der Waals surface area contributed by atoms with Crippen LogP contribution in [0.1, 0.15) is 24.1 Å². The normalized spacial score (nSPS) is 13.0. The van der Waals surface area contributed by atoms with Crippen LogP contribution in [0.2, 0.25) is 0 Å². The van der Waals surface area contributed by atoms with E-state index >= 15 is 0 Å². The summed E-state index contributed by atoms with van der Waals surface area (Å²) >= 11 is 0. The number of nitrogens with two attached hydrogens (primary N) is 1. The Balaban J connectivity index is 2.04. The summed E-state index contributed by atoms with van der Waals surface area (Å²) in [5.74, 6) is 0. The first-order chi connectivity index (χ1) is 10.0. The lowest BCUT2D eigenvalue weighted by Gasteiger charge is -2.13. The van der Waals surface area contributed by atoms with Crippen molar-refractivity contribution in [3.63, 3.8) is 0 Å². The third-order valence-corrected chi connectivity index (χ3v) is 4.80. The molecule has 2 aromatic carbocycles. The van der Waals surface area contributed by atoms with Crippen LogP contribution >= 0.6 is 0 Å². The highest BCUT2D eigenvalue weighted by atomic mass is 32.2. The van der Waals surface area contributed by atoms with Gasteiger partial charge in [0.1, 0.15) is 0 Å². The molecule has 0 saturated carbocycles. The van der Waals surface area contributed by atoms with Crippen molar-refractivity contribution in [2.45, 2.75) is 24.3 Å². The Morgan fingerprint density at radius 3 is 2.24 bits per heavy atom. The zero-order chi connectivity index (χ0) is 15.3. The lowest BCUT2D eigenvalue weighted by molar-refractivity contribution is 0.572. The van der Waals surface area contributed by atoms with Crippen LogP contribution in [0.3, 0.4) is 0 Å². The summed E-state index contributed by atoms with van der Waals surface area (Å²) in [5.41, 5.74) is 8.01. The van der Waals surface area contributed by atoms with Crippen LogP contribution in [0.4, 0.5) is 0 Å². The number of hydrogen-bond acceptors (Lipinski definition) is 3. The zero-order valence-corrected chi connectivity index (χ0v) is 12.8. The number of sulfonamides is 1. The van der Waals surface area contributed by atoms with Gasteiger partial charge in [0.2, 0.25) is 10.0 Å². The van der Waals surface area contributed by atoms with E-state index in [1.54, 1.807) is 12.1 Å². The molecule has 0 fully saturated rings. The average molecular weight is 304 g/mol. The number of hydrogen-bond donors (Lipinski definition) is 2. The molecule has 4 nitrogen and oxygen atoms in total. The van der Waals surface area contributed by atoms with Crippen molar-refractivity contribution in [1.82, 2.24) is 4.72 Å². The summed E-state index contributed by atoms with van der Waals surface area (Å²) in [6, 6.07) is 16.0. The van der Waals surface area contributed by atoms with Crippen molar-refractivity contribution >= 4 is 10.0 Å². The number of nitrogens with one attached hydrogen (secondary N) is 1. The molecule has 2 rings (SSSR count). The van der Waals surface area contributed by atoms with E-state index in [2.05, 4.69) is 4.72 Å². The van der Waals surface area contributed by atoms with Gasteiger partial charge in [-0.25, -0.2) is 13.1 Å². The SMILES string of the molecule is CCc1ccc(S(=O)(=O)NCC(N)c2ccccc2)cc1. The van der Waals surface area contributed by atoms with Crippen LogP contribution in [0.25, 0.3) is 0 Å². The molecule has 0 aromatic heterocycles. The van der Waals surface area contributed by atoms with Gasteiger partial charge in [0.25, 0.3) is 0 Å². The molecule has 0 aliphatic rings. The van der Waals surface area contributed by atoms with E-state index < -0.39 is 10.0 Å². The van der Waals surface area contributed by atoms with Crippen molar-refractivity contribution in [3.05, 3.63) is 65.7 Å². The van der Waals surface area contributed by atoms with Gasteiger partial charge in [0.05, 0.1) is 4.90 Å². The van der Waals surface area contributed by atoms with Crippen LogP contribution in [-0.2, 0) is 16.4 Å². The summed E-state index contributed by atoms with van der Waals surface area (Å²) in [4.78, 5) is 0.264. The molecule has 0 aliphatic carbocycles. The maximum Gasteiger partial charge on any atom is 0.240 e. The second-order valence-corrected chi connectivity index (χ2v) is 6.63. The highest BCUT2D eigenvalue weighted by molar-refractivity contribution is 7.89. The fourth-order valence-corrected chi connectivity index (χ4v) is 3.07. The molecule has 0 radical (unpaired) electrons. The van der Waals surface area contributed by atoms with Crippen molar-refractivity contribution in [3.8, 4) is 0 Å². The first-order valence-corrected chi connectivity index (χ1v) is 8.40. The first-order valence-electron chi connectivity index (χ1n) is 6.92. The summed E-state index contributed by atoms with van der Waals surface area (Å²) in [5, 5.41) is 0. The Labute approximate surface area is 126 Å². The third kappa shape index (κ3) is 4.14. The Hall–Kier alpha value is -1.69. The van der Waals surface area contributed by atoms with Gasteiger partial charge in [-0.3, -0.25) is 0 Å². The molecular weight excluding hydrogens is 284 g/mol. The number of rotatable bonds is 6. The molecule has 0 spiro atoms. The van der Waals surface area contributed by atoms with Crippen LogP contribution in [0.15, 0.2) is 59.5 Å². The van der Waals surface area contributed by atoms with Gasteiger partial charge in [-0.05, 0) is 29.7 Å². The molecule has 0 heterocycles. The standard InChI is InChI=1S/C16H20N2O2S/c1-2-13-8-10-15(11-9-13)21(19,20)18-12-16(17)14-6-4-3-5-7-14/h3-11,16,18H,2,12,17H2,1H3. The topological polar surface area (TPSA) is 72.2 Å². The van der Waals surface area contributed by atoms with Crippen molar-refractivity contribution in [2.24, 2.45) is 5.73 Å². The minimum atomic E-state index is -3.52. The molecule has 0 bridgehead atoms. The quantitative estimate of drug-likeness (QED) is 0.859. The van der Waals surface area contributed by atoms with Crippen LogP contribution in [0.5, 0.6) is 0 Å². The highest BCUT2D eigenvalue weighted by Crippen LogP contribution is 2.13. The first kappa shape index (κ1) is 15.7. The molecule has 1 atom stereocenters. The van der Waals surface area contributed by atoms with Gasteiger partial charge < -0.3 is 5.73 Å². The minimum absolute atomic E-state index is 0.169. The molecule has 3 N–H and O–H groups in total. The molecular formula is C16H20N2O2S. The summed E-state index contributed by atoms with van der Waals surface area (Å²) in [6.07, 6.45) is 0.882. The minimum Gasteiger partial charge on any atom is -0.323 e. The summed E-state index contributed by atoms with van der Waals surface area (Å²) in [6.45, 7) is 2.20. The lowest BCUT2D eigenvalue weighted by atomic mass is 10.1. The summed E-state index contributed by atoms with van der Waals surface area (Å²) in [7, 11) is -3.52. The molecule has 0 amide bonds. The number of benzene rings is 2. The van der Waals surface area contributed by atoms with Gasteiger partial charge >= 0.3 is 0 Å². The third-order valence-electron chi connectivity index (χ3n) is 3.36. The van der Waals surface area contributed by atoms with Gasteiger partial charge in [0, 0.05) is 12.6 Å². The highest BCUT2D eigenvalue weighted by Gasteiger charge is 2.15. The molecule has 5 heteroatoms. The monoisotopic (exact) mass is 304 g/mol. The van der Waals surface area contributed by atoms with Gasteiger partial charge in [-0.15, -0.1) is 0 Å². The molecule has 0 saturated heterocycles. The maximum absolute atomic E-state index is 12.2. The van der Waals surface area contributed by atoms with Crippen molar-refractivity contribution < 1.29 is 8.42 Å². The largest absolute Gasteiger partial charge is 0.323 e. The van der Waals surface area contributed by atoms with Crippen LogP contribution in [0, 0.1) is 0 Å². The predicted octanol–water partition coefficient (Wildman–Crippen LogP) is 2.23. The molecule has 2 aromatic rings. The fourth-order valence-electron chi connectivity index (χ4n) is 2.01. The van der Waals surface area contributed by atoms with Crippen molar-refractivity contribution in [1.29, 1.82) is 0 Å². The van der Waals surface area contributed by atoms with Gasteiger partial charge in [0.15, 0.2) is 0 Å². The Bertz CT molecular complexity index is 667. The van der Waals surface area contributed by atoms with E-state index in [9.17, 15) is 8.42 Å². The zero-order valence-electron chi connectivity index (χ0n) is 12.0. The fraction of sp³-hybridized carbons (Fsp3) is 0.250. The van der Waals surface area contributed by atoms with Crippen molar-refractivity contribution in [2.75, 3.05) is 6.54 Å². The van der Waals surface area contributed by atoms with Gasteiger partial charge in [-0.2, -0.15) is 0 Å². The second kappa shape index (κ2) is 6.85. The lowest BCUT2D eigenvalue weighted by Crippen LogP contribution is -2.31. The molecule has 21 heavy (non-hydrogen) atoms. The van der Waals surface area contributed by atoms with E-state index in [4.69, 9.17) is 5.73 Å². The molecule has 1 unspecified atom stereocenters. The van der Waals surface area contributed by atoms with E-state index in [0.717, 1.165) is 17.5 Å². The van der Waals surface area contributed by atoms with Crippen LogP contribution in [-0.4, -0.2) is 15.0 Å². The maximum atomic E-state index is 12.2. The van der Waals surface area contributed by atoms with E-state index in [-0.39, 0.29) is 17.5 Å². The van der Waals surface area contributed by atoms with Gasteiger partial charge in [-0.1, -0.05) is 49.4 Å². The van der Waals surface area contributed by atoms with Crippen LogP contribution < -0.4 is 10.5 Å². The Morgan fingerprint density at radius 1 is 1.05 bits per heavy atom. The van der Waals surface area contributed by atoms with E-state index in [1.807, 2.05) is 49.4 Å². The second-order valence-electron chi connectivity index (χ2n) is 4.87. The Morgan fingerprint density at radius 2 is 1.67 bits per heavy atom. The van der Waals surface area contributed by atoms with E-state index in [1.165, 1.54) is 0 Å². The average Bonchev–Trinajstić information content (AvgIpc) is 2.53.